The van der Waals surface area contributed by atoms with Crippen LogP contribution >= 0.6 is 0 Å². The van der Waals surface area contributed by atoms with E-state index in [2.05, 4.69) is 51.1 Å². The summed E-state index contributed by atoms with van der Waals surface area (Å²) in [6, 6.07) is 14.7. The van der Waals surface area contributed by atoms with Crippen LogP contribution in [-0.2, 0) is 17.8 Å². The maximum Gasteiger partial charge on any atom is 0.217 e. The van der Waals surface area contributed by atoms with Crippen molar-refractivity contribution in [1.29, 1.82) is 0 Å². The fraction of sp³-hybridized carbons (Fsp3) is 0.407. The van der Waals surface area contributed by atoms with E-state index in [1.807, 2.05) is 12.1 Å². The Labute approximate surface area is 191 Å². The summed E-state index contributed by atoms with van der Waals surface area (Å²) in [5.41, 5.74) is 18.1. The molecule has 4 N–H and O–H groups in total. The predicted molar refractivity (Wildman–Crippen MR) is 132 cm³/mol. The van der Waals surface area contributed by atoms with Gasteiger partial charge < -0.3 is 16.2 Å². The van der Waals surface area contributed by atoms with Crippen LogP contribution in [0.3, 0.4) is 0 Å². The third-order valence-corrected chi connectivity index (χ3v) is 5.63. The van der Waals surface area contributed by atoms with Crippen LogP contribution in [0.5, 0.6) is 5.75 Å². The lowest BCUT2D eigenvalue weighted by Gasteiger charge is -2.18. The molecule has 0 aliphatic heterocycles. The quantitative estimate of drug-likeness (QED) is 0.402. The van der Waals surface area contributed by atoms with E-state index in [9.17, 15) is 4.79 Å². The number of ether oxygens (including phenoxy) is 1. The number of carbonyl (C=O) groups excluding carboxylic acids is 1. The van der Waals surface area contributed by atoms with Crippen LogP contribution in [0.1, 0.15) is 56.4 Å². The maximum atomic E-state index is 10.9. The minimum absolute atomic E-state index is 0.246. The van der Waals surface area contributed by atoms with Crippen molar-refractivity contribution in [2.24, 2.45) is 17.4 Å². The van der Waals surface area contributed by atoms with Crippen LogP contribution in [0.25, 0.3) is 22.0 Å². The lowest BCUT2D eigenvalue weighted by molar-refractivity contribution is -0.118. The second-order valence-corrected chi connectivity index (χ2v) is 8.88. The van der Waals surface area contributed by atoms with Gasteiger partial charge in [-0.1, -0.05) is 43.7 Å². The molecule has 0 aliphatic rings. The normalized spacial score (nSPS) is 11.3. The van der Waals surface area contributed by atoms with Crippen LogP contribution in [0.15, 0.2) is 42.5 Å². The summed E-state index contributed by atoms with van der Waals surface area (Å²) in [6.07, 6.45) is 3.93. The number of nitrogens with zero attached hydrogens (tertiary/aromatic N) is 1. The average molecular weight is 434 g/mol. The lowest BCUT2D eigenvalue weighted by atomic mass is 9.91. The number of hydrogen-bond donors (Lipinski definition) is 2. The molecule has 2 aromatic carbocycles. The SMILES string of the molecule is Cc1ccc(-c2c(CN)c(CC(C)C)nc3ccc(OCCCCCC(N)=O)cc23)cc1. The molecule has 0 fully saturated rings. The summed E-state index contributed by atoms with van der Waals surface area (Å²) >= 11 is 0. The summed E-state index contributed by atoms with van der Waals surface area (Å²) in [4.78, 5) is 15.8. The first-order chi connectivity index (χ1) is 15.4. The van der Waals surface area contributed by atoms with Crippen molar-refractivity contribution >= 4 is 16.8 Å². The highest BCUT2D eigenvalue weighted by molar-refractivity contribution is 5.97. The third-order valence-electron chi connectivity index (χ3n) is 5.63. The molecule has 0 unspecified atom stereocenters. The van der Waals surface area contributed by atoms with Gasteiger partial charge in [-0.05, 0) is 73.4 Å². The van der Waals surface area contributed by atoms with Crippen LogP contribution < -0.4 is 16.2 Å². The fourth-order valence-corrected chi connectivity index (χ4v) is 4.02. The molecule has 5 nitrogen and oxygen atoms in total. The Kier molecular flexibility index (Phi) is 8.23. The molecule has 0 radical (unpaired) electrons. The summed E-state index contributed by atoms with van der Waals surface area (Å²) in [5, 5.41) is 1.06. The van der Waals surface area contributed by atoms with Gasteiger partial charge in [-0.3, -0.25) is 9.78 Å². The van der Waals surface area contributed by atoms with Crippen molar-refractivity contribution in [3.05, 3.63) is 59.3 Å². The van der Waals surface area contributed by atoms with Crippen LogP contribution in [0, 0.1) is 12.8 Å². The number of rotatable bonds is 11. The molecule has 0 spiro atoms. The van der Waals surface area contributed by atoms with Gasteiger partial charge in [0.2, 0.25) is 5.91 Å². The molecule has 1 amide bonds. The molecule has 3 rings (SSSR count). The Hall–Kier alpha value is -2.92. The van der Waals surface area contributed by atoms with E-state index in [0.717, 1.165) is 64.7 Å². The van der Waals surface area contributed by atoms with Gasteiger partial charge in [0, 0.05) is 24.0 Å². The summed E-state index contributed by atoms with van der Waals surface area (Å²) in [6.45, 7) is 7.56. The molecule has 0 saturated heterocycles. The molecular weight excluding hydrogens is 398 g/mol. The van der Waals surface area contributed by atoms with Crippen molar-refractivity contribution < 1.29 is 9.53 Å². The molecule has 0 atom stereocenters. The standard InChI is InChI=1S/C27H35N3O2/c1-18(2)15-25-23(17-28)27(20-10-8-19(3)9-11-20)22-16-21(12-13-24(22)30-25)32-14-6-4-5-7-26(29)31/h8-13,16,18H,4-7,14-15,17,28H2,1-3H3,(H2,29,31). The molecule has 0 aliphatic carbocycles. The maximum absolute atomic E-state index is 10.9. The number of carbonyl (C=O) groups is 1. The van der Waals surface area contributed by atoms with E-state index >= 15 is 0 Å². The topological polar surface area (TPSA) is 91.2 Å². The first-order valence-corrected chi connectivity index (χ1v) is 11.5. The number of amides is 1. The molecule has 5 heteroatoms. The van der Waals surface area contributed by atoms with Crippen molar-refractivity contribution in [1.82, 2.24) is 4.98 Å². The zero-order chi connectivity index (χ0) is 23.1. The predicted octanol–water partition coefficient (Wildman–Crippen LogP) is 5.29. The number of fused-ring (bicyclic) bond motifs is 1. The Morgan fingerprint density at radius 1 is 1.06 bits per heavy atom. The molecule has 3 aromatic rings. The van der Waals surface area contributed by atoms with E-state index in [1.165, 1.54) is 5.56 Å². The highest BCUT2D eigenvalue weighted by Gasteiger charge is 2.17. The van der Waals surface area contributed by atoms with E-state index < -0.39 is 0 Å². The van der Waals surface area contributed by atoms with Gasteiger partial charge in [0.25, 0.3) is 0 Å². The van der Waals surface area contributed by atoms with Crippen molar-refractivity contribution in [3.8, 4) is 16.9 Å². The fourth-order valence-electron chi connectivity index (χ4n) is 4.02. The second-order valence-electron chi connectivity index (χ2n) is 8.88. The highest BCUT2D eigenvalue weighted by Crippen LogP contribution is 2.36. The largest absolute Gasteiger partial charge is 0.494 e. The van der Waals surface area contributed by atoms with Gasteiger partial charge in [-0.2, -0.15) is 0 Å². The lowest BCUT2D eigenvalue weighted by Crippen LogP contribution is -2.10. The van der Waals surface area contributed by atoms with Crippen molar-refractivity contribution in [3.63, 3.8) is 0 Å². The summed E-state index contributed by atoms with van der Waals surface area (Å²) < 4.78 is 6.02. The van der Waals surface area contributed by atoms with E-state index in [4.69, 9.17) is 21.2 Å². The van der Waals surface area contributed by atoms with Gasteiger partial charge in [0.05, 0.1) is 12.1 Å². The number of hydrogen-bond acceptors (Lipinski definition) is 4. The molecule has 1 heterocycles. The van der Waals surface area contributed by atoms with Crippen LogP contribution in [0.4, 0.5) is 0 Å². The number of pyridine rings is 1. The molecular formula is C27H35N3O2. The molecule has 1 aromatic heterocycles. The van der Waals surface area contributed by atoms with Gasteiger partial charge in [-0.25, -0.2) is 0 Å². The Morgan fingerprint density at radius 3 is 2.47 bits per heavy atom. The van der Waals surface area contributed by atoms with Crippen molar-refractivity contribution in [2.45, 2.75) is 59.4 Å². The van der Waals surface area contributed by atoms with Gasteiger partial charge >= 0.3 is 0 Å². The minimum atomic E-state index is -0.246. The van der Waals surface area contributed by atoms with E-state index in [-0.39, 0.29) is 5.91 Å². The van der Waals surface area contributed by atoms with E-state index in [0.29, 0.717) is 25.5 Å². The minimum Gasteiger partial charge on any atom is -0.494 e. The summed E-state index contributed by atoms with van der Waals surface area (Å²) in [7, 11) is 0. The number of unbranched alkanes of at least 4 members (excludes halogenated alkanes) is 2. The average Bonchev–Trinajstić information content (AvgIpc) is 2.75. The number of aromatic nitrogens is 1. The van der Waals surface area contributed by atoms with Gasteiger partial charge in [-0.15, -0.1) is 0 Å². The molecule has 0 bridgehead atoms. The Balaban J connectivity index is 1.96. The van der Waals surface area contributed by atoms with Gasteiger partial charge in [0.15, 0.2) is 0 Å². The zero-order valence-corrected chi connectivity index (χ0v) is 19.5. The molecule has 170 valence electrons. The number of aryl methyl sites for hydroxylation is 1. The Morgan fingerprint density at radius 2 is 1.81 bits per heavy atom. The smallest absolute Gasteiger partial charge is 0.217 e. The van der Waals surface area contributed by atoms with Gasteiger partial charge in [0.1, 0.15) is 5.75 Å². The molecule has 0 saturated carbocycles. The highest BCUT2D eigenvalue weighted by atomic mass is 16.5. The number of nitrogens with two attached hydrogens (primary N) is 2. The first-order valence-electron chi connectivity index (χ1n) is 11.5. The number of primary amides is 1. The second kappa shape index (κ2) is 11.1. The molecule has 32 heavy (non-hydrogen) atoms. The Bertz CT molecular complexity index is 1060. The third kappa shape index (κ3) is 6.07. The first kappa shape index (κ1) is 23.7. The van der Waals surface area contributed by atoms with E-state index in [1.54, 1.807) is 0 Å². The summed E-state index contributed by atoms with van der Waals surface area (Å²) in [5.74, 6) is 1.07. The number of benzene rings is 2. The monoisotopic (exact) mass is 433 g/mol. The van der Waals surface area contributed by atoms with Crippen molar-refractivity contribution in [2.75, 3.05) is 6.61 Å². The van der Waals surface area contributed by atoms with Crippen LogP contribution in [0.2, 0.25) is 0 Å². The zero-order valence-electron chi connectivity index (χ0n) is 19.5. The van der Waals surface area contributed by atoms with Crippen LogP contribution in [-0.4, -0.2) is 17.5 Å².